The summed E-state index contributed by atoms with van der Waals surface area (Å²) >= 11 is 6.14. The molecular formula is C22H32ClN3O3. The van der Waals surface area contributed by atoms with Gasteiger partial charge in [0, 0.05) is 55.3 Å². The van der Waals surface area contributed by atoms with Crippen molar-refractivity contribution >= 4 is 23.4 Å². The van der Waals surface area contributed by atoms with Crippen molar-refractivity contribution in [1.29, 1.82) is 0 Å². The molecule has 0 spiro atoms. The minimum Gasteiger partial charge on any atom is -0.496 e. The molecule has 1 atom stereocenters. The van der Waals surface area contributed by atoms with Gasteiger partial charge >= 0.3 is 0 Å². The lowest BCUT2D eigenvalue weighted by Gasteiger charge is -2.38. The highest BCUT2D eigenvalue weighted by Gasteiger charge is 2.40. The zero-order valence-electron chi connectivity index (χ0n) is 17.9. The SMILES string of the molecule is COc1ccc(Cl)cc1CN1CCN(C(=O)C2CCCN2C(=O)C(C)(C)C)CC1. The van der Waals surface area contributed by atoms with Crippen molar-refractivity contribution in [3.05, 3.63) is 28.8 Å². The fourth-order valence-electron chi connectivity index (χ4n) is 4.15. The standard InChI is InChI=1S/C22H32ClN3O3/c1-22(2,3)21(28)26-9-5-6-18(26)20(27)25-12-10-24(11-13-25)15-16-14-17(23)7-8-19(16)29-4/h7-8,14,18H,5-6,9-13,15H2,1-4H3. The van der Waals surface area contributed by atoms with Gasteiger partial charge in [-0.05, 0) is 31.0 Å². The summed E-state index contributed by atoms with van der Waals surface area (Å²) in [6, 6.07) is 5.35. The van der Waals surface area contributed by atoms with Crippen molar-refractivity contribution in [3.63, 3.8) is 0 Å². The molecule has 2 heterocycles. The normalized spacial score (nSPS) is 20.8. The molecule has 2 aliphatic rings. The Hall–Kier alpha value is -1.79. The molecule has 2 amide bonds. The third kappa shape index (κ3) is 5.04. The van der Waals surface area contributed by atoms with Crippen LogP contribution in [0.4, 0.5) is 0 Å². The Labute approximate surface area is 178 Å². The molecule has 0 radical (unpaired) electrons. The van der Waals surface area contributed by atoms with Gasteiger partial charge in [-0.25, -0.2) is 0 Å². The van der Waals surface area contributed by atoms with Gasteiger partial charge in [-0.2, -0.15) is 0 Å². The van der Waals surface area contributed by atoms with Crippen LogP contribution in [-0.2, 0) is 16.1 Å². The molecule has 0 N–H and O–H groups in total. The first-order valence-electron chi connectivity index (χ1n) is 10.4. The summed E-state index contributed by atoms with van der Waals surface area (Å²) in [5.74, 6) is 0.996. The zero-order valence-corrected chi connectivity index (χ0v) is 18.7. The lowest BCUT2D eigenvalue weighted by molar-refractivity contribution is -0.149. The summed E-state index contributed by atoms with van der Waals surface area (Å²) in [7, 11) is 1.66. The molecule has 3 rings (SSSR count). The molecule has 1 aromatic carbocycles. The number of nitrogens with zero attached hydrogens (tertiary/aromatic N) is 3. The van der Waals surface area contributed by atoms with Crippen LogP contribution in [0.15, 0.2) is 18.2 Å². The van der Waals surface area contributed by atoms with Crippen LogP contribution in [0.5, 0.6) is 5.75 Å². The van der Waals surface area contributed by atoms with Crippen LogP contribution in [0.3, 0.4) is 0 Å². The monoisotopic (exact) mass is 421 g/mol. The smallest absolute Gasteiger partial charge is 0.245 e. The summed E-state index contributed by atoms with van der Waals surface area (Å²) in [5, 5.41) is 0.694. The van der Waals surface area contributed by atoms with E-state index in [0.29, 0.717) is 24.7 Å². The van der Waals surface area contributed by atoms with E-state index in [2.05, 4.69) is 4.90 Å². The lowest BCUT2D eigenvalue weighted by atomic mass is 9.94. The molecular weight excluding hydrogens is 390 g/mol. The van der Waals surface area contributed by atoms with Crippen molar-refractivity contribution in [2.75, 3.05) is 39.8 Å². The number of halogens is 1. The third-order valence-corrected chi connectivity index (χ3v) is 6.00. The number of ether oxygens (including phenoxy) is 1. The van der Waals surface area contributed by atoms with E-state index in [1.165, 1.54) is 0 Å². The molecule has 2 aliphatic heterocycles. The van der Waals surface area contributed by atoms with Gasteiger partial charge in [-0.1, -0.05) is 32.4 Å². The second-order valence-corrected chi connectivity index (χ2v) is 9.40. The maximum Gasteiger partial charge on any atom is 0.245 e. The average Bonchev–Trinajstić information content (AvgIpc) is 3.16. The predicted octanol–water partition coefficient (Wildman–Crippen LogP) is 3.03. The van der Waals surface area contributed by atoms with Gasteiger partial charge in [0.1, 0.15) is 11.8 Å². The summed E-state index contributed by atoms with van der Waals surface area (Å²) in [5.41, 5.74) is 0.593. The quantitative estimate of drug-likeness (QED) is 0.749. The Bertz CT molecular complexity index is 754. The highest BCUT2D eigenvalue weighted by molar-refractivity contribution is 6.30. The number of carbonyl (C=O) groups excluding carboxylic acids is 2. The average molecular weight is 422 g/mol. The van der Waals surface area contributed by atoms with Gasteiger partial charge in [0.05, 0.1) is 7.11 Å². The van der Waals surface area contributed by atoms with Gasteiger partial charge in [-0.3, -0.25) is 14.5 Å². The summed E-state index contributed by atoms with van der Waals surface area (Å²) in [4.78, 5) is 31.9. The van der Waals surface area contributed by atoms with Crippen molar-refractivity contribution in [2.24, 2.45) is 5.41 Å². The molecule has 0 aromatic heterocycles. The van der Waals surface area contributed by atoms with E-state index in [0.717, 1.165) is 43.8 Å². The Morgan fingerprint density at radius 3 is 2.45 bits per heavy atom. The highest BCUT2D eigenvalue weighted by Crippen LogP contribution is 2.28. The molecule has 2 fully saturated rings. The number of methoxy groups -OCH3 is 1. The van der Waals surface area contributed by atoms with Crippen molar-refractivity contribution < 1.29 is 14.3 Å². The van der Waals surface area contributed by atoms with E-state index in [9.17, 15) is 9.59 Å². The minimum atomic E-state index is -0.461. The highest BCUT2D eigenvalue weighted by atomic mass is 35.5. The van der Waals surface area contributed by atoms with Crippen LogP contribution in [0.1, 0.15) is 39.2 Å². The topological polar surface area (TPSA) is 53.1 Å². The number of hydrogen-bond acceptors (Lipinski definition) is 4. The Morgan fingerprint density at radius 1 is 1.14 bits per heavy atom. The molecule has 0 bridgehead atoms. The second-order valence-electron chi connectivity index (χ2n) is 8.96. The number of hydrogen-bond donors (Lipinski definition) is 0. The van der Waals surface area contributed by atoms with Gasteiger partial charge in [0.2, 0.25) is 11.8 Å². The first kappa shape index (κ1) is 21.9. The number of rotatable bonds is 4. The number of amides is 2. The van der Waals surface area contributed by atoms with Crippen LogP contribution in [0, 0.1) is 5.41 Å². The Balaban J connectivity index is 1.58. The van der Waals surface area contributed by atoms with Gasteiger partial charge in [-0.15, -0.1) is 0 Å². The van der Waals surface area contributed by atoms with E-state index in [4.69, 9.17) is 16.3 Å². The maximum absolute atomic E-state index is 13.1. The summed E-state index contributed by atoms with van der Waals surface area (Å²) in [6.45, 7) is 10.1. The van der Waals surface area contributed by atoms with Crippen molar-refractivity contribution in [2.45, 2.75) is 46.2 Å². The van der Waals surface area contributed by atoms with E-state index >= 15 is 0 Å². The zero-order chi connectivity index (χ0) is 21.2. The molecule has 6 nitrogen and oxygen atoms in total. The predicted molar refractivity (Wildman–Crippen MR) is 114 cm³/mol. The summed E-state index contributed by atoms with van der Waals surface area (Å²) < 4.78 is 5.44. The first-order chi connectivity index (χ1) is 13.7. The molecule has 7 heteroatoms. The molecule has 2 saturated heterocycles. The van der Waals surface area contributed by atoms with E-state index < -0.39 is 5.41 Å². The first-order valence-corrected chi connectivity index (χ1v) is 10.7. The third-order valence-electron chi connectivity index (χ3n) is 5.76. The van der Waals surface area contributed by atoms with Crippen LogP contribution in [-0.4, -0.2) is 72.4 Å². The number of carbonyl (C=O) groups is 2. The maximum atomic E-state index is 13.1. The second kappa shape index (κ2) is 8.92. The molecule has 1 unspecified atom stereocenters. The molecule has 29 heavy (non-hydrogen) atoms. The van der Waals surface area contributed by atoms with Gasteiger partial charge in [0.25, 0.3) is 0 Å². The number of benzene rings is 1. The summed E-state index contributed by atoms with van der Waals surface area (Å²) in [6.07, 6.45) is 1.66. The largest absolute Gasteiger partial charge is 0.496 e. The van der Waals surface area contributed by atoms with E-state index in [-0.39, 0.29) is 17.9 Å². The number of piperazine rings is 1. The van der Waals surface area contributed by atoms with Crippen LogP contribution in [0.2, 0.25) is 5.02 Å². The van der Waals surface area contributed by atoms with E-state index in [1.54, 1.807) is 12.0 Å². The Kier molecular flexibility index (Phi) is 6.74. The van der Waals surface area contributed by atoms with Crippen LogP contribution in [0.25, 0.3) is 0 Å². The molecule has 0 aliphatic carbocycles. The molecule has 0 saturated carbocycles. The molecule has 1 aromatic rings. The van der Waals surface area contributed by atoms with Crippen molar-refractivity contribution in [3.8, 4) is 5.75 Å². The number of likely N-dealkylation sites (tertiary alicyclic amines) is 1. The van der Waals surface area contributed by atoms with Gasteiger partial charge in [0.15, 0.2) is 0 Å². The van der Waals surface area contributed by atoms with Gasteiger partial charge < -0.3 is 14.5 Å². The molecule has 160 valence electrons. The fraction of sp³-hybridized carbons (Fsp3) is 0.636. The fourth-order valence-corrected chi connectivity index (χ4v) is 4.34. The minimum absolute atomic E-state index is 0.0695. The lowest BCUT2D eigenvalue weighted by Crippen LogP contribution is -2.55. The van der Waals surface area contributed by atoms with E-state index in [1.807, 2.05) is 43.9 Å². The Morgan fingerprint density at radius 2 is 1.83 bits per heavy atom. The van der Waals surface area contributed by atoms with Crippen LogP contribution >= 0.6 is 11.6 Å². The van der Waals surface area contributed by atoms with Crippen molar-refractivity contribution in [1.82, 2.24) is 14.7 Å². The van der Waals surface area contributed by atoms with Crippen LogP contribution < -0.4 is 4.74 Å².